The van der Waals surface area contributed by atoms with E-state index in [4.69, 9.17) is 14.6 Å². The van der Waals surface area contributed by atoms with Crippen molar-refractivity contribution in [1.29, 1.82) is 0 Å². The molecule has 0 amide bonds. The fourth-order valence-corrected chi connectivity index (χ4v) is 1.44. The van der Waals surface area contributed by atoms with Gasteiger partial charge in [0.25, 0.3) is 5.69 Å². The van der Waals surface area contributed by atoms with E-state index in [1.54, 1.807) is 0 Å². The molecular weight excluding hydrogens is 238 g/mol. The average molecular weight is 255 g/mol. The van der Waals surface area contributed by atoms with Gasteiger partial charge in [0.1, 0.15) is 0 Å². The Morgan fingerprint density at radius 1 is 1.44 bits per heavy atom. The Morgan fingerprint density at radius 3 is 2.56 bits per heavy atom. The first-order valence-electron chi connectivity index (χ1n) is 5.66. The van der Waals surface area contributed by atoms with Gasteiger partial charge in [-0.05, 0) is 19.4 Å². The Kier molecular flexibility index (Phi) is 4.91. The van der Waals surface area contributed by atoms with Crippen LogP contribution >= 0.6 is 0 Å². The first kappa shape index (κ1) is 14.2. The van der Waals surface area contributed by atoms with Crippen molar-refractivity contribution < 1.29 is 19.5 Å². The summed E-state index contributed by atoms with van der Waals surface area (Å²) < 4.78 is 10.7. The van der Waals surface area contributed by atoms with Gasteiger partial charge in [-0.25, -0.2) is 0 Å². The molecule has 0 aliphatic carbocycles. The SMILES string of the molecule is CCC(C)Oc1cc([N+](=O)[O-])c(CO)cc1OC. The molecule has 0 fully saturated rings. The number of benzene rings is 1. The van der Waals surface area contributed by atoms with E-state index in [2.05, 4.69) is 0 Å². The minimum Gasteiger partial charge on any atom is -0.493 e. The number of nitro groups is 1. The molecule has 0 aromatic heterocycles. The van der Waals surface area contributed by atoms with E-state index in [1.807, 2.05) is 13.8 Å². The first-order valence-corrected chi connectivity index (χ1v) is 5.66. The number of aliphatic hydroxyl groups is 1. The van der Waals surface area contributed by atoms with Gasteiger partial charge in [0.05, 0.1) is 36.4 Å². The lowest BCUT2D eigenvalue weighted by Crippen LogP contribution is -2.11. The van der Waals surface area contributed by atoms with Gasteiger partial charge >= 0.3 is 0 Å². The van der Waals surface area contributed by atoms with E-state index in [0.717, 1.165) is 6.42 Å². The monoisotopic (exact) mass is 255 g/mol. The lowest BCUT2D eigenvalue weighted by Gasteiger charge is -2.16. The largest absolute Gasteiger partial charge is 0.493 e. The summed E-state index contributed by atoms with van der Waals surface area (Å²) in [5.74, 6) is 0.695. The van der Waals surface area contributed by atoms with Crippen molar-refractivity contribution in [2.24, 2.45) is 0 Å². The van der Waals surface area contributed by atoms with Gasteiger partial charge in [-0.3, -0.25) is 10.1 Å². The van der Waals surface area contributed by atoms with Crippen LogP contribution in [0.5, 0.6) is 11.5 Å². The van der Waals surface area contributed by atoms with Gasteiger partial charge < -0.3 is 14.6 Å². The van der Waals surface area contributed by atoms with Gasteiger partial charge in [0.2, 0.25) is 0 Å². The fourth-order valence-electron chi connectivity index (χ4n) is 1.44. The third-order valence-corrected chi connectivity index (χ3v) is 2.64. The fraction of sp³-hybridized carbons (Fsp3) is 0.500. The maximum atomic E-state index is 10.9. The zero-order chi connectivity index (χ0) is 13.7. The van der Waals surface area contributed by atoms with Crippen LogP contribution in [0.3, 0.4) is 0 Å². The van der Waals surface area contributed by atoms with Crippen LogP contribution in [0.4, 0.5) is 5.69 Å². The molecule has 1 aromatic rings. The van der Waals surface area contributed by atoms with Crippen molar-refractivity contribution in [3.8, 4) is 11.5 Å². The maximum Gasteiger partial charge on any atom is 0.278 e. The molecule has 18 heavy (non-hydrogen) atoms. The molecule has 0 spiro atoms. The third-order valence-electron chi connectivity index (χ3n) is 2.64. The molecule has 1 atom stereocenters. The second-order valence-corrected chi connectivity index (χ2v) is 3.88. The Morgan fingerprint density at radius 2 is 2.11 bits per heavy atom. The zero-order valence-corrected chi connectivity index (χ0v) is 10.7. The third kappa shape index (κ3) is 3.10. The lowest BCUT2D eigenvalue weighted by atomic mass is 10.1. The highest BCUT2D eigenvalue weighted by Crippen LogP contribution is 2.35. The quantitative estimate of drug-likeness (QED) is 0.622. The number of hydrogen-bond donors (Lipinski definition) is 1. The molecule has 1 N–H and O–H groups in total. The molecule has 100 valence electrons. The summed E-state index contributed by atoms with van der Waals surface area (Å²) in [6.45, 7) is 3.40. The van der Waals surface area contributed by atoms with Crippen molar-refractivity contribution in [1.82, 2.24) is 0 Å². The van der Waals surface area contributed by atoms with E-state index in [9.17, 15) is 10.1 Å². The molecule has 1 rings (SSSR count). The molecule has 0 aliphatic rings. The summed E-state index contributed by atoms with van der Waals surface area (Å²) in [6.07, 6.45) is 0.706. The van der Waals surface area contributed by atoms with Crippen molar-refractivity contribution >= 4 is 5.69 Å². The van der Waals surface area contributed by atoms with Crippen molar-refractivity contribution in [3.05, 3.63) is 27.8 Å². The first-order chi connectivity index (χ1) is 8.53. The van der Waals surface area contributed by atoms with Crippen LogP contribution in [-0.4, -0.2) is 23.2 Å². The number of ether oxygens (including phenoxy) is 2. The summed E-state index contributed by atoms with van der Waals surface area (Å²) in [7, 11) is 1.45. The highest BCUT2D eigenvalue weighted by Gasteiger charge is 2.20. The molecule has 1 unspecified atom stereocenters. The lowest BCUT2D eigenvalue weighted by molar-refractivity contribution is -0.386. The number of methoxy groups -OCH3 is 1. The van der Waals surface area contributed by atoms with Crippen molar-refractivity contribution in [2.75, 3.05) is 7.11 Å². The van der Waals surface area contributed by atoms with Crippen molar-refractivity contribution in [2.45, 2.75) is 33.0 Å². The maximum absolute atomic E-state index is 10.9. The molecule has 0 heterocycles. The van der Waals surface area contributed by atoms with Gasteiger partial charge in [0.15, 0.2) is 11.5 Å². The minimum absolute atomic E-state index is 0.0709. The smallest absolute Gasteiger partial charge is 0.278 e. The summed E-state index contributed by atoms with van der Waals surface area (Å²) in [5, 5.41) is 20.0. The molecule has 0 saturated carbocycles. The number of nitro benzene ring substituents is 1. The molecule has 0 aliphatic heterocycles. The zero-order valence-electron chi connectivity index (χ0n) is 10.7. The highest BCUT2D eigenvalue weighted by molar-refractivity contribution is 5.54. The van der Waals surface area contributed by atoms with E-state index < -0.39 is 11.5 Å². The van der Waals surface area contributed by atoms with Gasteiger partial charge in [-0.2, -0.15) is 0 Å². The topological polar surface area (TPSA) is 81.8 Å². The number of hydrogen-bond acceptors (Lipinski definition) is 5. The molecule has 1 aromatic carbocycles. The van der Waals surface area contributed by atoms with Gasteiger partial charge in [-0.1, -0.05) is 6.92 Å². The summed E-state index contributed by atoms with van der Waals surface area (Å²) in [5.41, 5.74) is 0.0324. The standard InChI is InChI=1S/C12H17NO5/c1-4-8(2)18-12-6-10(13(15)16)9(7-14)5-11(12)17-3/h5-6,8,14H,4,7H2,1-3H3. The Labute approximate surface area is 105 Å². The minimum atomic E-state index is -0.547. The molecule has 6 nitrogen and oxygen atoms in total. The van der Waals surface area contributed by atoms with Gasteiger partial charge in [0, 0.05) is 0 Å². The van der Waals surface area contributed by atoms with E-state index in [1.165, 1.54) is 19.2 Å². The molecule has 0 radical (unpaired) electrons. The Hall–Kier alpha value is -1.82. The van der Waals surface area contributed by atoms with Gasteiger partial charge in [-0.15, -0.1) is 0 Å². The summed E-state index contributed by atoms with van der Waals surface area (Å²) in [4.78, 5) is 10.3. The average Bonchev–Trinajstić information content (AvgIpc) is 2.37. The second kappa shape index (κ2) is 6.20. The molecule has 0 saturated heterocycles. The van der Waals surface area contributed by atoms with Crippen LogP contribution in [0.1, 0.15) is 25.8 Å². The van der Waals surface area contributed by atoms with Crippen LogP contribution in [0.15, 0.2) is 12.1 Å². The van der Waals surface area contributed by atoms with E-state index in [0.29, 0.717) is 11.5 Å². The normalized spacial score (nSPS) is 12.0. The van der Waals surface area contributed by atoms with Crippen LogP contribution < -0.4 is 9.47 Å². The highest BCUT2D eigenvalue weighted by atomic mass is 16.6. The van der Waals surface area contributed by atoms with Crippen molar-refractivity contribution in [3.63, 3.8) is 0 Å². The van der Waals surface area contributed by atoms with Crippen LogP contribution in [0, 0.1) is 10.1 Å². The van der Waals surface area contributed by atoms with E-state index in [-0.39, 0.29) is 17.4 Å². The number of nitrogens with zero attached hydrogens (tertiary/aromatic N) is 1. The van der Waals surface area contributed by atoms with Crippen LogP contribution in [0.2, 0.25) is 0 Å². The number of rotatable bonds is 6. The molecular formula is C12H17NO5. The predicted molar refractivity (Wildman–Crippen MR) is 66.0 cm³/mol. The van der Waals surface area contributed by atoms with Crippen LogP contribution in [-0.2, 0) is 6.61 Å². The van der Waals surface area contributed by atoms with Crippen LogP contribution in [0.25, 0.3) is 0 Å². The Bertz CT molecular complexity index is 433. The summed E-state index contributed by atoms with van der Waals surface area (Å²) >= 11 is 0. The molecule has 6 heteroatoms. The number of aliphatic hydroxyl groups excluding tert-OH is 1. The second-order valence-electron chi connectivity index (χ2n) is 3.88. The molecule has 0 bridgehead atoms. The van der Waals surface area contributed by atoms with E-state index >= 15 is 0 Å². The summed E-state index contributed by atoms with van der Waals surface area (Å²) in [6, 6.07) is 2.71. The predicted octanol–water partition coefficient (Wildman–Crippen LogP) is 2.27. The Balaban J connectivity index is 3.23.